The zero-order chi connectivity index (χ0) is 5.28. The fraction of sp³-hybridized carbons (Fsp3) is 0.800. The van der Waals surface area contributed by atoms with Crippen molar-refractivity contribution in [2.75, 3.05) is 0 Å². The summed E-state index contributed by atoms with van der Waals surface area (Å²) in [6.45, 7) is 2.10. The molecule has 1 rings (SSSR count). The molecular weight excluding hydrogens is 90.1 g/mol. The number of oxime groups is 1. The highest BCUT2D eigenvalue weighted by Gasteiger charge is 2.30. The minimum atomic E-state index is 0.616. The Morgan fingerprint density at radius 2 is 2.71 bits per heavy atom. The van der Waals surface area contributed by atoms with E-state index in [4.69, 9.17) is 5.21 Å². The van der Waals surface area contributed by atoms with E-state index in [1.807, 2.05) is 0 Å². The van der Waals surface area contributed by atoms with Gasteiger partial charge in [-0.1, -0.05) is 12.1 Å². The van der Waals surface area contributed by atoms with Gasteiger partial charge < -0.3 is 5.21 Å². The highest BCUT2D eigenvalue weighted by Crippen LogP contribution is 2.28. The minimum Gasteiger partial charge on any atom is -0.411 e. The predicted molar refractivity (Wildman–Crippen MR) is 27.6 cm³/mol. The van der Waals surface area contributed by atoms with Gasteiger partial charge in [0.05, 0.1) is 5.71 Å². The summed E-state index contributed by atoms with van der Waals surface area (Å²) in [6.07, 6.45) is 2.15. The second-order valence-electron chi connectivity index (χ2n) is 1.90. The van der Waals surface area contributed by atoms with Crippen LogP contribution in [0.4, 0.5) is 0 Å². The molecule has 1 aliphatic rings. The largest absolute Gasteiger partial charge is 0.411 e. The molecule has 1 unspecified atom stereocenters. The van der Waals surface area contributed by atoms with Crippen LogP contribution in [0, 0.1) is 5.92 Å². The van der Waals surface area contributed by atoms with Gasteiger partial charge in [-0.15, -0.1) is 0 Å². The molecule has 1 N–H and O–H groups in total. The van der Waals surface area contributed by atoms with Crippen molar-refractivity contribution in [3.63, 3.8) is 0 Å². The molecule has 0 radical (unpaired) electrons. The first-order valence-corrected chi connectivity index (χ1v) is 2.59. The molecule has 0 spiro atoms. The van der Waals surface area contributed by atoms with Crippen molar-refractivity contribution < 1.29 is 5.21 Å². The van der Waals surface area contributed by atoms with E-state index in [-0.39, 0.29) is 0 Å². The lowest BCUT2D eigenvalue weighted by molar-refractivity contribution is 0.319. The number of hydrogen-bond acceptors (Lipinski definition) is 2. The highest BCUT2D eigenvalue weighted by atomic mass is 16.4. The van der Waals surface area contributed by atoms with Crippen LogP contribution >= 0.6 is 0 Å². The quantitative estimate of drug-likeness (QED) is 0.389. The first-order valence-electron chi connectivity index (χ1n) is 2.59. The first kappa shape index (κ1) is 4.62. The van der Waals surface area contributed by atoms with Crippen LogP contribution in [-0.4, -0.2) is 10.9 Å². The Morgan fingerprint density at radius 1 is 2.00 bits per heavy atom. The molecule has 1 aliphatic carbocycles. The summed E-state index contributed by atoms with van der Waals surface area (Å²) in [5, 5.41) is 11.2. The van der Waals surface area contributed by atoms with Crippen molar-refractivity contribution >= 4 is 5.71 Å². The molecular formula is C5H9NO. The summed E-state index contributed by atoms with van der Waals surface area (Å²) in [6, 6.07) is 0. The van der Waals surface area contributed by atoms with E-state index in [9.17, 15) is 0 Å². The van der Waals surface area contributed by atoms with Crippen molar-refractivity contribution in [2.45, 2.75) is 19.8 Å². The van der Waals surface area contributed by atoms with Crippen LogP contribution in [0.15, 0.2) is 5.16 Å². The van der Waals surface area contributed by atoms with Crippen molar-refractivity contribution in [2.24, 2.45) is 11.1 Å². The third-order valence-corrected chi connectivity index (χ3v) is 1.39. The molecule has 40 valence electrons. The maximum absolute atomic E-state index is 8.10. The molecule has 1 saturated carbocycles. The van der Waals surface area contributed by atoms with Crippen molar-refractivity contribution in [1.29, 1.82) is 0 Å². The molecule has 0 aliphatic heterocycles. The van der Waals surface area contributed by atoms with E-state index < -0.39 is 0 Å². The van der Waals surface area contributed by atoms with Crippen LogP contribution in [0.2, 0.25) is 0 Å². The number of nitrogens with zero attached hydrogens (tertiary/aromatic N) is 1. The Bertz CT molecular complexity index is 98.3. The van der Waals surface area contributed by atoms with Gasteiger partial charge in [-0.2, -0.15) is 0 Å². The third-order valence-electron chi connectivity index (χ3n) is 1.39. The normalized spacial score (nSPS) is 33.9. The molecule has 0 aromatic carbocycles. The summed E-state index contributed by atoms with van der Waals surface area (Å²) >= 11 is 0. The lowest BCUT2D eigenvalue weighted by Crippen LogP contribution is -1.72. The average Bonchev–Trinajstić information content (AvgIpc) is 2.43. The fourth-order valence-electron chi connectivity index (χ4n) is 0.696. The van der Waals surface area contributed by atoms with E-state index >= 15 is 0 Å². The van der Waals surface area contributed by atoms with Crippen LogP contribution in [0.3, 0.4) is 0 Å². The van der Waals surface area contributed by atoms with Gasteiger partial charge in [-0.25, -0.2) is 0 Å². The molecule has 0 amide bonds. The van der Waals surface area contributed by atoms with E-state index in [1.165, 1.54) is 0 Å². The summed E-state index contributed by atoms with van der Waals surface area (Å²) < 4.78 is 0. The Balaban J connectivity index is 2.31. The van der Waals surface area contributed by atoms with Gasteiger partial charge in [0.15, 0.2) is 0 Å². The summed E-state index contributed by atoms with van der Waals surface area (Å²) in [5.41, 5.74) is 0.975. The lowest BCUT2D eigenvalue weighted by atomic mass is 10.3. The second kappa shape index (κ2) is 1.52. The van der Waals surface area contributed by atoms with Crippen LogP contribution in [0.1, 0.15) is 19.8 Å². The van der Waals surface area contributed by atoms with Crippen molar-refractivity contribution in [1.82, 2.24) is 0 Å². The lowest BCUT2D eigenvalue weighted by Gasteiger charge is -1.74. The molecule has 0 aromatic rings. The summed E-state index contributed by atoms with van der Waals surface area (Å²) in [7, 11) is 0. The molecule has 0 aromatic heterocycles. The number of hydrogen-bond donors (Lipinski definition) is 1. The Labute approximate surface area is 42.8 Å². The Morgan fingerprint density at radius 3 is 2.86 bits per heavy atom. The molecule has 1 atom stereocenters. The van der Waals surface area contributed by atoms with E-state index in [0.29, 0.717) is 5.92 Å². The van der Waals surface area contributed by atoms with E-state index in [0.717, 1.165) is 18.6 Å². The molecule has 0 heterocycles. The van der Waals surface area contributed by atoms with Crippen molar-refractivity contribution in [3.8, 4) is 0 Å². The van der Waals surface area contributed by atoms with Gasteiger partial charge in [0, 0.05) is 5.92 Å². The van der Waals surface area contributed by atoms with Gasteiger partial charge in [-0.05, 0) is 12.8 Å². The van der Waals surface area contributed by atoms with Crippen molar-refractivity contribution in [3.05, 3.63) is 0 Å². The number of rotatable bonds is 1. The van der Waals surface area contributed by atoms with Gasteiger partial charge in [0.1, 0.15) is 0 Å². The van der Waals surface area contributed by atoms with Crippen LogP contribution < -0.4 is 0 Å². The maximum atomic E-state index is 8.10. The summed E-state index contributed by atoms with van der Waals surface area (Å²) in [4.78, 5) is 0. The smallest absolute Gasteiger partial charge is 0.0611 e. The Hall–Kier alpha value is -0.530. The standard InChI is InChI=1S/C5H9NO/c1-2-4-3-5(4)6-7/h4,7H,2-3H2,1H3. The molecule has 2 heteroatoms. The van der Waals surface area contributed by atoms with Crippen LogP contribution in [0.25, 0.3) is 0 Å². The summed E-state index contributed by atoms with van der Waals surface area (Å²) in [5.74, 6) is 0.616. The SMILES string of the molecule is CCC1CC1=NO. The first-order chi connectivity index (χ1) is 3.38. The monoisotopic (exact) mass is 99.1 g/mol. The minimum absolute atomic E-state index is 0.616. The third kappa shape index (κ3) is 0.734. The van der Waals surface area contributed by atoms with Crippen LogP contribution in [0.5, 0.6) is 0 Å². The zero-order valence-electron chi connectivity index (χ0n) is 4.39. The van der Waals surface area contributed by atoms with E-state index in [1.54, 1.807) is 0 Å². The molecule has 1 fully saturated rings. The molecule has 0 saturated heterocycles. The second-order valence-corrected chi connectivity index (χ2v) is 1.90. The zero-order valence-corrected chi connectivity index (χ0v) is 4.39. The predicted octanol–water partition coefficient (Wildman–Crippen LogP) is 1.25. The Kier molecular flexibility index (Phi) is 1.01. The van der Waals surface area contributed by atoms with Gasteiger partial charge >= 0.3 is 0 Å². The highest BCUT2D eigenvalue weighted by molar-refractivity contribution is 6.00. The molecule has 7 heavy (non-hydrogen) atoms. The average molecular weight is 99.1 g/mol. The van der Waals surface area contributed by atoms with Gasteiger partial charge in [0.2, 0.25) is 0 Å². The van der Waals surface area contributed by atoms with Gasteiger partial charge in [0.25, 0.3) is 0 Å². The van der Waals surface area contributed by atoms with Crippen LogP contribution in [-0.2, 0) is 0 Å². The van der Waals surface area contributed by atoms with E-state index in [2.05, 4.69) is 12.1 Å². The maximum Gasteiger partial charge on any atom is 0.0611 e. The molecule has 0 bridgehead atoms. The van der Waals surface area contributed by atoms with Gasteiger partial charge in [-0.3, -0.25) is 0 Å². The topological polar surface area (TPSA) is 32.6 Å². The fourth-order valence-corrected chi connectivity index (χ4v) is 0.696. The molecule has 2 nitrogen and oxygen atoms in total.